The molecule has 2 fully saturated rings. The van der Waals surface area contributed by atoms with Gasteiger partial charge in [0.1, 0.15) is 17.8 Å². The largest absolute Gasteiger partial charge is 0.493 e. The Hall–Kier alpha value is -1.56. The summed E-state index contributed by atoms with van der Waals surface area (Å²) in [6.45, 7) is 2.02. The Kier molecular flexibility index (Phi) is 3.21. The lowest BCUT2D eigenvalue weighted by Gasteiger charge is -2.62. The summed E-state index contributed by atoms with van der Waals surface area (Å²) in [6.07, 6.45) is 8.03. The molecule has 0 unspecified atom stereocenters. The molecule has 2 bridgehead atoms. The number of piperidine rings is 1. The average Bonchev–Trinajstić information content (AvgIpc) is 2.98. The van der Waals surface area contributed by atoms with Crippen molar-refractivity contribution >= 4 is 0 Å². The molecule has 5 aliphatic rings. The molecule has 5 nitrogen and oxygen atoms in total. The summed E-state index contributed by atoms with van der Waals surface area (Å²) in [5, 5.41) is 22.9. The molecule has 3 aliphatic carbocycles. The van der Waals surface area contributed by atoms with Crippen LogP contribution in [0.4, 0.5) is 0 Å². The number of methoxy groups -OCH3 is 1. The fraction of sp³-hybridized carbons (Fsp3) is 0.636. The van der Waals surface area contributed by atoms with Gasteiger partial charge in [0, 0.05) is 18.2 Å². The Bertz CT molecular complexity index is 834. The Labute approximate surface area is 159 Å². The highest BCUT2D eigenvalue weighted by Gasteiger charge is 2.71. The van der Waals surface area contributed by atoms with Crippen LogP contribution in [-0.2, 0) is 11.8 Å². The predicted molar refractivity (Wildman–Crippen MR) is 100 cm³/mol. The number of aliphatic hydroxyl groups excluding tert-OH is 1. The average molecular weight is 369 g/mol. The molecule has 5 heteroatoms. The molecule has 2 heterocycles. The van der Waals surface area contributed by atoms with Crippen molar-refractivity contribution in [3.63, 3.8) is 0 Å². The van der Waals surface area contributed by atoms with Crippen LogP contribution in [0.3, 0.4) is 0 Å². The molecule has 0 aromatic heterocycles. The lowest BCUT2D eigenvalue weighted by molar-refractivity contribution is -0.159. The van der Waals surface area contributed by atoms with E-state index >= 15 is 0 Å². The van der Waals surface area contributed by atoms with Gasteiger partial charge in [-0.1, -0.05) is 24.6 Å². The van der Waals surface area contributed by atoms with E-state index in [1.807, 2.05) is 12.1 Å². The zero-order valence-corrected chi connectivity index (χ0v) is 15.7. The molecule has 5 atom stereocenters. The smallest absolute Gasteiger partial charge is 0.166 e. The van der Waals surface area contributed by atoms with Gasteiger partial charge in [-0.25, -0.2) is 0 Å². The van der Waals surface area contributed by atoms with E-state index in [4.69, 9.17) is 9.47 Å². The summed E-state index contributed by atoms with van der Waals surface area (Å²) in [6, 6.07) is 4.14. The Morgan fingerprint density at radius 1 is 1.33 bits per heavy atom. The van der Waals surface area contributed by atoms with Crippen LogP contribution in [0.2, 0.25) is 0 Å². The Morgan fingerprint density at radius 3 is 2.93 bits per heavy atom. The zero-order valence-electron chi connectivity index (χ0n) is 15.7. The molecule has 1 aromatic rings. The van der Waals surface area contributed by atoms with Gasteiger partial charge in [-0.3, -0.25) is 4.90 Å². The maximum Gasteiger partial charge on any atom is 0.166 e. The summed E-state index contributed by atoms with van der Waals surface area (Å²) in [5.41, 5.74) is 0.726. The van der Waals surface area contributed by atoms with Crippen LogP contribution in [0, 0.1) is 5.92 Å². The van der Waals surface area contributed by atoms with Crippen LogP contribution in [0.5, 0.6) is 11.5 Å². The highest BCUT2D eigenvalue weighted by atomic mass is 16.5. The molecule has 144 valence electrons. The van der Waals surface area contributed by atoms with Gasteiger partial charge in [0.15, 0.2) is 11.5 Å². The van der Waals surface area contributed by atoms with E-state index < -0.39 is 23.2 Å². The van der Waals surface area contributed by atoms with Gasteiger partial charge in [0.2, 0.25) is 0 Å². The summed E-state index contributed by atoms with van der Waals surface area (Å²) < 4.78 is 11.9. The fourth-order valence-electron chi connectivity index (χ4n) is 6.54. The maximum atomic E-state index is 12.1. The molecular formula is C22H27NO4. The van der Waals surface area contributed by atoms with E-state index in [0.29, 0.717) is 5.75 Å². The summed E-state index contributed by atoms with van der Waals surface area (Å²) in [5.74, 6) is 2.19. The molecular weight excluding hydrogens is 342 g/mol. The number of nitrogens with zero attached hydrogens (tertiary/aromatic N) is 1. The lowest BCUT2D eigenvalue weighted by atomic mass is 9.50. The van der Waals surface area contributed by atoms with Gasteiger partial charge in [-0.2, -0.15) is 0 Å². The van der Waals surface area contributed by atoms with Gasteiger partial charge in [-0.05, 0) is 49.8 Å². The van der Waals surface area contributed by atoms with Crippen molar-refractivity contribution in [1.29, 1.82) is 0 Å². The number of likely N-dealkylation sites (tertiary alicyclic amines) is 1. The Balaban J connectivity index is 1.54. The second kappa shape index (κ2) is 5.28. The Morgan fingerprint density at radius 2 is 2.19 bits per heavy atom. The molecule has 2 aliphatic heterocycles. The van der Waals surface area contributed by atoms with Crippen molar-refractivity contribution in [2.24, 2.45) is 5.92 Å². The van der Waals surface area contributed by atoms with E-state index in [2.05, 4.69) is 11.0 Å². The highest BCUT2D eigenvalue weighted by Crippen LogP contribution is 2.64. The number of ether oxygens (including phenoxy) is 2. The molecule has 6 rings (SSSR count). The topological polar surface area (TPSA) is 62.2 Å². The molecule has 1 saturated carbocycles. The zero-order chi connectivity index (χ0) is 18.4. The first-order valence-corrected chi connectivity index (χ1v) is 10.3. The molecule has 1 spiro atoms. The van der Waals surface area contributed by atoms with E-state index in [0.717, 1.165) is 43.2 Å². The van der Waals surface area contributed by atoms with Gasteiger partial charge in [0.05, 0.1) is 12.5 Å². The lowest BCUT2D eigenvalue weighted by Crippen LogP contribution is -2.75. The van der Waals surface area contributed by atoms with Crippen LogP contribution in [-0.4, -0.2) is 59.2 Å². The first-order chi connectivity index (χ1) is 13.1. The number of benzene rings is 1. The van der Waals surface area contributed by atoms with E-state index in [1.165, 1.54) is 24.8 Å². The van der Waals surface area contributed by atoms with Crippen molar-refractivity contribution in [3.05, 3.63) is 35.4 Å². The molecule has 2 N–H and O–H groups in total. The third kappa shape index (κ3) is 1.81. The van der Waals surface area contributed by atoms with Crippen molar-refractivity contribution in [3.8, 4) is 11.5 Å². The minimum atomic E-state index is -1.01. The fourth-order valence-corrected chi connectivity index (χ4v) is 6.54. The standard InChI is InChI=1S/C22H27NO4/c1-26-16-6-5-14-11-17-22(25)8-7-15(24)20-21(22,18(14)19(16)27-20)9-10-23(17)12-13-3-2-4-13/h5-8,13,15,17,20,24-25H,2-4,9-12H2,1H3/t15-,17+,20-,21-,22+/m0/s1. The second-order valence-electron chi connectivity index (χ2n) is 9.08. The molecule has 0 amide bonds. The molecule has 0 radical (unpaired) electrons. The van der Waals surface area contributed by atoms with E-state index in [9.17, 15) is 10.2 Å². The summed E-state index contributed by atoms with van der Waals surface area (Å²) in [7, 11) is 1.65. The first kappa shape index (κ1) is 16.4. The van der Waals surface area contributed by atoms with Gasteiger partial charge in [0.25, 0.3) is 0 Å². The minimum Gasteiger partial charge on any atom is -0.493 e. The number of rotatable bonds is 3. The SMILES string of the molecule is COc1ccc2c3c1O[C@H]1[C@@H](O)C=C[C@@]4(O)[C@@H](C2)N(CC2CCC2)CC[C@]314. The van der Waals surface area contributed by atoms with E-state index in [1.54, 1.807) is 13.2 Å². The van der Waals surface area contributed by atoms with Crippen molar-refractivity contribution in [1.82, 2.24) is 4.90 Å². The van der Waals surface area contributed by atoms with Gasteiger partial charge < -0.3 is 19.7 Å². The molecule has 27 heavy (non-hydrogen) atoms. The van der Waals surface area contributed by atoms with Crippen molar-refractivity contribution in [2.45, 2.75) is 61.4 Å². The summed E-state index contributed by atoms with van der Waals surface area (Å²) in [4.78, 5) is 2.51. The number of hydrogen-bond acceptors (Lipinski definition) is 5. The maximum absolute atomic E-state index is 12.1. The number of aliphatic hydroxyl groups is 2. The van der Waals surface area contributed by atoms with Crippen LogP contribution in [0.15, 0.2) is 24.3 Å². The number of hydrogen-bond donors (Lipinski definition) is 2. The van der Waals surface area contributed by atoms with Crippen LogP contribution in [0.1, 0.15) is 36.8 Å². The second-order valence-corrected chi connectivity index (χ2v) is 9.08. The third-order valence-corrected chi connectivity index (χ3v) is 8.05. The first-order valence-electron chi connectivity index (χ1n) is 10.3. The molecule has 1 saturated heterocycles. The third-order valence-electron chi connectivity index (χ3n) is 8.05. The summed E-state index contributed by atoms with van der Waals surface area (Å²) >= 11 is 0. The normalized spacial score (nSPS) is 41.7. The van der Waals surface area contributed by atoms with Crippen molar-refractivity contribution < 1.29 is 19.7 Å². The minimum absolute atomic E-state index is 0.0357. The predicted octanol–water partition coefficient (Wildman–Crippen LogP) is 1.79. The van der Waals surface area contributed by atoms with Gasteiger partial charge in [-0.15, -0.1) is 0 Å². The monoisotopic (exact) mass is 369 g/mol. The van der Waals surface area contributed by atoms with Crippen molar-refractivity contribution in [2.75, 3.05) is 20.2 Å². The van der Waals surface area contributed by atoms with E-state index in [-0.39, 0.29) is 6.04 Å². The van der Waals surface area contributed by atoms with Crippen LogP contribution >= 0.6 is 0 Å². The van der Waals surface area contributed by atoms with Crippen LogP contribution in [0.25, 0.3) is 0 Å². The highest BCUT2D eigenvalue weighted by molar-refractivity contribution is 5.64. The van der Waals surface area contributed by atoms with Crippen LogP contribution < -0.4 is 9.47 Å². The quantitative estimate of drug-likeness (QED) is 0.796. The molecule has 1 aromatic carbocycles. The van der Waals surface area contributed by atoms with Gasteiger partial charge >= 0.3 is 0 Å².